The molecule has 1 saturated carbocycles. The van der Waals surface area contributed by atoms with E-state index >= 15 is 0 Å². The Morgan fingerprint density at radius 2 is 1.95 bits per heavy atom. The Kier molecular flexibility index (Phi) is 2.72. The lowest BCUT2D eigenvalue weighted by Crippen LogP contribution is -2.30. The molecule has 2 aliphatic rings. The standard InChI is InChI=1S/C16H20O3/c1-15(2,3)19-16(11-7-5-4-6-8-11)12-9-10-18-14(17)13(12)16/h4-8,12-13H,9-10H2,1-3H3/t12-,13-,16+/m0/s1. The highest BCUT2D eigenvalue weighted by Gasteiger charge is 2.73. The summed E-state index contributed by atoms with van der Waals surface area (Å²) in [4.78, 5) is 12.0. The first-order valence-corrected chi connectivity index (χ1v) is 6.87. The van der Waals surface area contributed by atoms with Crippen LogP contribution in [0.3, 0.4) is 0 Å². The van der Waals surface area contributed by atoms with Gasteiger partial charge in [0.25, 0.3) is 0 Å². The van der Waals surface area contributed by atoms with Crippen LogP contribution < -0.4 is 0 Å². The molecule has 1 heterocycles. The van der Waals surface area contributed by atoms with Gasteiger partial charge in [0.1, 0.15) is 5.60 Å². The second kappa shape index (κ2) is 4.07. The molecule has 0 spiro atoms. The second-order valence-electron chi connectivity index (χ2n) is 6.41. The molecule has 3 nitrogen and oxygen atoms in total. The van der Waals surface area contributed by atoms with Crippen molar-refractivity contribution in [2.24, 2.45) is 11.8 Å². The molecule has 0 unspecified atom stereocenters. The van der Waals surface area contributed by atoms with Gasteiger partial charge in [0, 0.05) is 5.92 Å². The minimum atomic E-state index is -0.479. The van der Waals surface area contributed by atoms with Gasteiger partial charge in [-0.05, 0) is 32.8 Å². The summed E-state index contributed by atoms with van der Waals surface area (Å²) in [6, 6.07) is 10.1. The Morgan fingerprint density at radius 1 is 1.26 bits per heavy atom. The number of fused-ring (bicyclic) bond motifs is 1. The molecule has 19 heavy (non-hydrogen) atoms. The van der Waals surface area contributed by atoms with Crippen molar-refractivity contribution in [3.63, 3.8) is 0 Å². The van der Waals surface area contributed by atoms with Crippen LogP contribution in [0.4, 0.5) is 0 Å². The Hall–Kier alpha value is -1.35. The monoisotopic (exact) mass is 260 g/mol. The van der Waals surface area contributed by atoms with Crippen molar-refractivity contribution in [3.05, 3.63) is 35.9 Å². The van der Waals surface area contributed by atoms with Gasteiger partial charge >= 0.3 is 5.97 Å². The number of benzene rings is 1. The van der Waals surface area contributed by atoms with Crippen molar-refractivity contribution in [1.29, 1.82) is 0 Å². The smallest absolute Gasteiger partial charge is 0.312 e. The van der Waals surface area contributed by atoms with E-state index < -0.39 is 5.60 Å². The number of rotatable bonds is 2. The maximum Gasteiger partial charge on any atom is 0.312 e. The zero-order valence-electron chi connectivity index (χ0n) is 11.7. The van der Waals surface area contributed by atoms with E-state index in [1.807, 2.05) is 39.0 Å². The van der Waals surface area contributed by atoms with Crippen LogP contribution in [0.15, 0.2) is 30.3 Å². The van der Waals surface area contributed by atoms with Crippen LogP contribution in [0.1, 0.15) is 32.8 Å². The molecule has 1 aromatic rings. The van der Waals surface area contributed by atoms with Gasteiger partial charge in [-0.3, -0.25) is 4.79 Å². The molecule has 1 aromatic carbocycles. The summed E-state index contributed by atoms with van der Waals surface area (Å²) in [6.45, 7) is 6.62. The van der Waals surface area contributed by atoms with E-state index in [4.69, 9.17) is 9.47 Å². The number of carbonyl (C=O) groups excluding carboxylic acids is 1. The molecule has 1 saturated heterocycles. The lowest BCUT2D eigenvalue weighted by atomic mass is 10.0. The second-order valence-corrected chi connectivity index (χ2v) is 6.41. The lowest BCUT2D eigenvalue weighted by molar-refractivity contribution is -0.151. The molecule has 102 valence electrons. The number of hydrogen-bond acceptors (Lipinski definition) is 3. The van der Waals surface area contributed by atoms with E-state index in [-0.39, 0.29) is 23.4 Å². The molecule has 1 aliphatic carbocycles. The van der Waals surface area contributed by atoms with Crippen LogP contribution >= 0.6 is 0 Å². The topological polar surface area (TPSA) is 35.5 Å². The SMILES string of the molecule is CC(C)(C)O[C@@]1(c2ccccc2)[C@@H]2C(=O)OCC[C@@H]21. The highest BCUT2D eigenvalue weighted by molar-refractivity contribution is 5.80. The highest BCUT2D eigenvalue weighted by atomic mass is 16.6. The average molecular weight is 260 g/mol. The molecule has 0 amide bonds. The average Bonchev–Trinajstić information content (AvgIpc) is 2.99. The van der Waals surface area contributed by atoms with Gasteiger partial charge in [-0.1, -0.05) is 30.3 Å². The van der Waals surface area contributed by atoms with Crippen molar-refractivity contribution in [2.75, 3.05) is 6.61 Å². The Morgan fingerprint density at radius 3 is 2.53 bits per heavy atom. The third-order valence-corrected chi connectivity index (χ3v) is 3.93. The predicted octanol–water partition coefficient (Wildman–Crippen LogP) is 2.89. The van der Waals surface area contributed by atoms with Crippen molar-refractivity contribution < 1.29 is 14.3 Å². The fraction of sp³-hybridized carbons (Fsp3) is 0.562. The normalized spacial score (nSPS) is 33.5. The maximum atomic E-state index is 12.0. The molecule has 2 fully saturated rings. The van der Waals surface area contributed by atoms with Gasteiger partial charge in [0.15, 0.2) is 0 Å². The van der Waals surface area contributed by atoms with Crippen LogP contribution in [-0.4, -0.2) is 18.2 Å². The number of cyclic esters (lactones) is 1. The molecule has 3 rings (SSSR count). The van der Waals surface area contributed by atoms with Gasteiger partial charge < -0.3 is 9.47 Å². The van der Waals surface area contributed by atoms with E-state index in [0.29, 0.717) is 6.61 Å². The summed E-state index contributed by atoms with van der Waals surface area (Å²) in [5, 5.41) is 0. The van der Waals surface area contributed by atoms with Crippen LogP contribution in [0.5, 0.6) is 0 Å². The Balaban J connectivity index is 2.01. The van der Waals surface area contributed by atoms with E-state index in [9.17, 15) is 4.79 Å². The Bertz CT molecular complexity index is 488. The van der Waals surface area contributed by atoms with Crippen LogP contribution in [0.25, 0.3) is 0 Å². The summed E-state index contributed by atoms with van der Waals surface area (Å²) in [6.07, 6.45) is 0.890. The van der Waals surface area contributed by atoms with Gasteiger partial charge in [-0.15, -0.1) is 0 Å². The number of hydrogen-bond donors (Lipinski definition) is 0. The predicted molar refractivity (Wildman–Crippen MR) is 71.5 cm³/mol. The van der Waals surface area contributed by atoms with E-state index in [2.05, 4.69) is 12.1 Å². The van der Waals surface area contributed by atoms with Crippen LogP contribution in [0, 0.1) is 11.8 Å². The molecule has 0 radical (unpaired) electrons. The molecule has 0 N–H and O–H groups in total. The molecular formula is C16H20O3. The van der Waals surface area contributed by atoms with Gasteiger partial charge in [-0.25, -0.2) is 0 Å². The summed E-state index contributed by atoms with van der Waals surface area (Å²) in [7, 11) is 0. The molecule has 3 atom stereocenters. The van der Waals surface area contributed by atoms with E-state index in [1.54, 1.807) is 0 Å². The zero-order chi connectivity index (χ0) is 13.7. The van der Waals surface area contributed by atoms with Crippen molar-refractivity contribution in [1.82, 2.24) is 0 Å². The van der Waals surface area contributed by atoms with Gasteiger partial charge in [-0.2, -0.15) is 0 Å². The van der Waals surface area contributed by atoms with E-state index in [1.165, 1.54) is 0 Å². The van der Waals surface area contributed by atoms with Crippen LogP contribution in [0.2, 0.25) is 0 Å². The van der Waals surface area contributed by atoms with Gasteiger partial charge in [0.2, 0.25) is 0 Å². The fourth-order valence-electron chi connectivity index (χ4n) is 3.33. The molecule has 3 heteroatoms. The third-order valence-electron chi connectivity index (χ3n) is 3.93. The first-order valence-electron chi connectivity index (χ1n) is 6.87. The molecule has 0 bridgehead atoms. The first-order chi connectivity index (χ1) is 8.95. The highest BCUT2D eigenvalue weighted by Crippen LogP contribution is 2.65. The van der Waals surface area contributed by atoms with Crippen molar-refractivity contribution in [3.8, 4) is 0 Å². The van der Waals surface area contributed by atoms with E-state index in [0.717, 1.165) is 12.0 Å². The lowest BCUT2D eigenvalue weighted by Gasteiger charge is -2.29. The largest absolute Gasteiger partial charge is 0.465 e. The van der Waals surface area contributed by atoms with Crippen molar-refractivity contribution in [2.45, 2.75) is 38.4 Å². The minimum Gasteiger partial charge on any atom is -0.465 e. The third kappa shape index (κ3) is 1.96. The van der Waals surface area contributed by atoms with Crippen LogP contribution in [-0.2, 0) is 19.9 Å². The summed E-state index contributed by atoms with van der Waals surface area (Å²) < 4.78 is 11.5. The summed E-state index contributed by atoms with van der Waals surface area (Å²) in [5.41, 5.74) is 0.333. The van der Waals surface area contributed by atoms with Crippen molar-refractivity contribution >= 4 is 5.97 Å². The number of esters is 1. The zero-order valence-corrected chi connectivity index (χ0v) is 11.7. The minimum absolute atomic E-state index is 0.107. The molecular weight excluding hydrogens is 240 g/mol. The molecule has 1 aliphatic heterocycles. The summed E-state index contributed by atoms with van der Waals surface area (Å²) in [5.74, 6) is 0.0163. The molecule has 0 aromatic heterocycles. The number of ether oxygens (including phenoxy) is 2. The fourth-order valence-corrected chi connectivity index (χ4v) is 3.33. The Labute approximate surface area is 113 Å². The number of carbonyl (C=O) groups is 1. The first kappa shape index (κ1) is 12.7. The quantitative estimate of drug-likeness (QED) is 0.767. The maximum absolute atomic E-state index is 12.0. The van der Waals surface area contributed by atoms with Gasteiger partial charge in [0.05, 0.1) is 18.1 Å². The summed E-state index contributed by atoms with van der Waals surface area (Å²) >= 11 is 0.